The molecule has 1 aliphatic heterocycles. The second kappa shape index (κ2) is 4.09. The number of aliphatic imine (C=N–C) groups is 1. The van der Waals surface area contributed by atoms with E-state index in [9.17, 15) is 4.79 Å². The summed E-state index contributed by atoms with van der Waals surface area (Å²) >= 11 is 3.58. The van der Waals surface area contributed by atoms with Crippen LogP contribution in [0.4, 0.5) is 0 Å². The molecule has 0 bridgehead atoms. The zero-order chi connectivity index (χ0) is 13.8. The lowest BCUT2D eigenvalue weighted by molar-refractivity contribution is -0.138. The van der Waals surface area contributed by atoms with Gasteiger partial charge in [-0.05, 0) is 43.4 Å². The maximum atomic E-state index is 10.7. The molecule has 2 aliphatic carbocycles. The SMILES string of the molecule is O=C=NC1(c2cc3c(cc2Br)OC2(CCC2)O3)CCC1. The summed E-state index contributed by atoms with van der Waals surface area (Å²) in [5.41, 5.74) is 0.583. The van der Waals surface area contributed by atoms with E-state index in [2.05, 4.69) is 20.9 Å². The van der Waals surface area contributed by atoms with Crippen LogP contribution >= 0.6 is 15.9 Å². The number of nitrogens with zero attached hydrogens (tertiary/aromatic N) is 1. The van der Waals surface area contributed by atoms with Crippen LogP contribution in [0.2, 0.25) is 0 Å². The first-order valence-corrected chi connectivity index (χ1v) is 7.77. The van der Waals surface area contributed by atoms with E-state index in [1.807, 2.05) is 12.1 Å². The molecule has 20 heavy (non-hydrogen) atoms. The number of halogens is 1. The lowest BCUT2D eigenvalue weighted by Crippen LogP contribution is -2.45. The summed E-state index contributed by atoms with van der Waals surface area (Å²) in [5, 5.41) is 0. The Morgan fingerprint density at radius 1 is 1.10 bits per heavy atom. The van der Waals surface area contributed by atoms with Gasteiger partial charge in [0.05, 0.1) is 5.54 Å². The van der Waals surface area contributed by atoms with Crippen molar-refractivity contribution in [1.29, 1.82) is 0 Å². The van der Waals surface area contributed by atoms with Crippen LogP contribution in [0.25, 0.3) is 0 Å². The average molecular weight is 336 g/mol. The summed E-state index contributed by atoms with van der Waals surface area (Å²) in [6.07, 6.45) is 7.58. The number of benzene rings is 1. The molecular weight excluding hydrogens is 322 g/mol. The predicted octanol–water partition coefficient (Wildman–Crippen LogP) is 3.82. The molecule has 0 N–H and O–H groups in total. The zero-order valence-corrected chi connectivity index (χ0v) is 12.5. The van der Waals surface area contributed by atoms with Crippen LogP contribution in [0.1, 0.15) is 44.1 Å². The third kappa shape index (κ3) is 1.60. The van der Waals surface area contributed by atoms with Gasteiger partial charge >= 0.3 is 0 Å². The molecule has 2 fully saturated rings. The molecule has 0 saturated heterocycles. The second-order valence-electron chi connectivity index (χ2n) is 5.84. The zero-order valence-electron chi connectivity index (χ0n) is 10.9. The topological polar surface area (TPSA) is 47.9 Å². The molecule has 1 aromatic carbocycles. The number of carbonyl (C=O) groups excluding carboxylic acids is 1. The molecule has 2 saturated carbocycles. The minimum atomic E-state index is -0.429. The molecule has 0 aromatic heterocycles. The van der Waals surface area contributed by atoms with Crippen LogP contribution in [0.3, 0.4) is 0 Å². The summed E-state index contributed by atoms with van der Waals surface area (Å²) in [6.45, 7) is 0. The third-order valence-electron chi connectivity index (χ3n) is 4.68. The van der Waals surface area contributed by atoms with E-state index < -0.39 is 11.3 Å². The Kier molecular flexibility index (Phi) is 2.54. The normalized spacial score (nSPS) is 23.6. The van der Waals surface area contributed by atoms with Gasteiger partial charge in [0, 0.05) is 17.3 Å². The molecule has 104 valence electrons. The molecular formula is C15H14BrNO3. The van der Waals surface area contributed by atoms with Gasteiger partial charge < -0.3 is 9.47 Å². The minimum Gasteiger partial charge on any atom is -0.448 e. The van der Waals surface area contributed by atoms with Crippen molar-refractivity contribution in [3.63, 3.8) is 0 Å². The van der Waals surface area contributed by atoms with E-state index in [1.165, 1.54) is 0 Å². The van der Waals surface area contributed by atoms with Crippen LogP contribution in [0.5, 0.6) is 11.5 Å². The number of rotatable bonds is 2. The molecule has 3 aliphatic rings. The molecule has 5 heteroatoms. The highest BCUT2D eigenvalue weighted by molar-refractivity contribution is 9.10. The van der Waals surface area contributed by atoms with Crippen molar-refractivity contribution in [3.05, 3.63) is 22.2 Å². The van der Waals surface area contributed by atoms with Gasteiger partial charge in [-0.15, -0.1) is 0 Å². The van der Waals surface area contributed by atoms with E-state index in [4.69, 9.17) is 9.47 Å². The molecule has 0 amide bonds. The number of fused-ring (bicyclic) bond motifs is 1. The largest absolute Gasteiger partial charge is 0.448 e. The number of hydrogen-bond acceptors (Lipinski definition) is 4. The molecule has 1 heterocycles. The molecule has 1 spiro atoms. The van der Waals surface area contributed by atoms with Gasteiger partial charge in [-0.3, -0.25) is 0 Å². The second-order valence-corrected chi connectivity index (χ2v) is 6.69. The van der Waals surface area contributed by atoms with Gasteiger partial charge in [-0.2, -0.15) is 4.99 Å². The average Bonchev–Trinajstić information content (AvgIpc) is 2.72. The lowest BCUT2D eigenvalue weighted by Gasteiger charge is -2.37. The smallest absolute Gasteiger partial charge is 0.251 e. The Balaban J connectivity index is 1.76. The highest BCUT2D eigenvalue weighted by Gasteiger charge is 2.48. The van der Waals surface area contributed by atoms with Crippen molar-refractivity contribution in [2.75, 3.05) is 0 Å². The number of isocyanates is 1. The Hall–Kier alpha value is -1.32. The van der Waals surface area contributed by atoms with Crippen LogP contribution in [0, 0.1) is 0 Å². The highest BCUT2D eigenvalue weighted by Crippen LogP contribution is 2.54. The Bertz CT molecular complexity index is 628. The maximum Gasteiger partial charge on any atom is 0.251 e. The van der Waals surface area contributed by atoms with E-state index in [-0.39, 0.29) is 0 Å². The van der Waals surface area contributed by atoms with Crippen molar-refractivity contribution in [2.24, 2.45) is 4.99 Å². The van der Waals surface area contributed by atoms with Crippen LogP contribution in [0.15, 0.2) is 21.6 Å². The molecule has 4 nitrogen and oxygen atoms in total. The van der Waals surface area contributed by atoms with Crippen molar-refractivity contribution in [3.8, 4) is 11.5 Å². The van der Waals surface area contributed by atoms with Gasteiger partial charge in [0.2, 0.25) is 6.08 Å². The van der Waals surface area contributed by atoms with Crippen molar-refractivity contribution in [1.82, 2.24) is 0 Å². The molecule has 0 radical (unpaired) electrons. The van der Waals surface area contributed by atoms with E-state index >= 15 is 0 Å². The first-order chi connectivity index (χ1) is 9.66. The molecule has 1 aromatic rings. The summed E-state index contributed by atoms with van der Waals surface area (Å²) in [4.78, 5) is 14.8. The molecule has 0 atom stereocenters. The van der Waals surface area contributed by atoms with Gasteiger partial charge in [0.25, 0.3) is 5.79 Å². The Labute approximate surface area is 125 Å². The summed E-state index contributed by atoms with van der Waals surface area (Å²) in [6, 6.07) is 3.92. The van der Waals surface area contributed by atoms with E-state index in [0.29, 0.717) is 0 Å². The predicted molar refractivity (Wildman–Crippen MR) is 75.6 cm³/mol. The Morgan fingerprint density at radius 2 is 1.75 bits per heavy atom. The minimum absolute atomic E-state index is 0.422. The maximum absolute atomic E-state index is 10.7. The quantitative estimate of drug-likeness (QED) is 0.609. The fourth-order valence-corrected chi connectivity index (χ4v) is 3.87. The van der Waals surface area contributed by atoms with E-state index in [1.54, 1.807) is 6.08 Å². The lowest BCUT2D eigenvalue weighted by atomic mass is 9.72. The number of hydrogen-bond donors (Lipinski definition) is 0. The third-order valence-corrected chi connectivity index (χ3v) is 5.34. The molecule has 0 unspecified atom stereocenters. The fraction of sp³-hybridized carbons (Fsp3) is 0.533. The van der Waals surface area contributed by atoms with Crippen molar-refractivity contribution < 1.29 is 14.3 Å². The first-order valence-electron chi connectivity index (χ1n) is 6.98. The number of ether oxygens (including phenoxy) is 2. The van der Waals surface area contributed by atoms with Gasteiger partial charge in [-0.25, -0.2) is 4.79 Å². The van der Waals surface area contributed by atoms with Crippen LogP contribution < -0.4 is 9.47 Å². The van der Waals surface area contributed by atoms with Gasteiger partial charge in [0.15, 0.2) is 11.5 Å². The highest BCUT2D eigenvalue weighted by atomic mass is 79.9. The summed E-state index contributed by atoms with van der Waals surface area (Å²) in [5.74, 6) is 1.13. The van der Waals surface area contributed by atoms with Crippen molar-refractivity contribution in [2.45, 2.75) is 49.9 Å². The first kappa shape index (κ1) is 12.4. The summed E-state index contributed by atoms with van der Waals surface area (Å²) in [7, 11) is 0. The van der Waals surface area contributed by atoms with Crippen LogP contribution in [-0.4, -0.2) is 11.9 Å². The van der Waals surface area contributed by atoms with Crippen molar-refractivity contribution >= 4 is 22.0 Å². The standard InChI is InChI=1S/C15H14BrNO3/c16-11-8-13-12(19-15(20-13)5-2-6-15)7-10(11)14(17-9-18)3-1-4-14/h7-8H,1-6H2. The summed E-state index contributed by atoms with van der Waals surface area (Å²) < 4.78 is 12.8. The Morgan fingerprint density at radius 3 is 2.25 bits per heavy atom. The molecule has 4 rings (SSSR count). The monoisotopic (exact) mass is 335 g/mol. The van der Waals surface area contributed by atoms with Gasteiger partial charge in [-0.1, -0.05) is 15.9 Å². The fourth-order valence-electron chi connectivity index (χ4n) is 3.18. The van der Waals surface area contributed by atoms with E-state index in [0.717, 1.165) is 60.1 Å². The van der Waals surface area contributed by atoms with Crippen LogP contribution in [-0.2, 0) is 10.3 Å². The van der Waals surface area contributed by atoms with Gasteiger partial charge in [0.1, 0.15) is 0 Å².